The van der Waals surface area contributed by atoms with Crippen LogP contribution in [0.3, 0.4) is 0 Å². The maximum atomic E-state index is 12.2. The Kier molecular flexibility index (Phi) is 3.48. The molecule has 17 heavy (non-hydrogen) atoms. The highest BCUT2D eigenvalue weighted by molar-refractivity contribution is 5.97. The number of carbonyl (C=O) groups is 1. The molecule has 2 atom stereocenters. The van der Waals surface area contributed by atoms with E-state index in [2.05, 4.69) is 13.0 Å². The van der Waals surface area contributed by atoms with E-state index >= 15 is 0 Å². The van der Waals surface area contributed by atoms with E-state index < -0.39 is 0 Å². The van der Waals surface area contributed by atoms with Gasteiger partial charge in [-0.3, -0.25) is 4.79 Å². The summed E-state index contributed by atoms with van der Waals surface area (Å²) in [5.41, 5.74) is 2.29. The van der Waals surface area contributed by atoms with Gasteiger partial charge in [-0.2, -0.15) is 0 Å². The van der Waals surface area contributed by atoms with E-state index in [1.54, 1.807) is 14.0 Å². The first kappa shape index (κ1) is 12.1. The lowest BCUT2D eigenvalue weighted by atomic mass is 9.93. The maximum Gasteiger partial charge on any atom is 0.255 e. The molecule has 1 aliphatic rings. The second-order valence-corrected chi connectivity index (χ2v) is 4.76. The molecule has 0 bridgehead atoms. The van der Waals surface area contributed by atoms with Gasteiger partial charge in [0.25, 0.3) is 5.91 Å². The van der Waals surface area contributed by atoms with Crippen LogP contribution in [0.1, 0.15) is 19.4 Å². The summed E-state index contributed by atoms with van der Waals surface area (Å²) in [6.45, 7) is 4.75. The van der Waals surface area contributed by atoms with Gasteiger partial charge in [-0.25, -0.2) is 0 Å². The highest BCUT2D eigenvalue weighted by atomic mass is 16.5. The van der Waals surface area contributed by atoms with Crippen LogP contribution in [0.5, 0.6) is 0 Å². The molecule has 2 rings (SSSR count). The van der Waals surface area contributed by atoms with Gasteiger partial charge in [0.2, 0.25) is 0 Å². The molecule has 1 heterocycles. The van der Waals surface area contributed by atoms with Crippen LogP contribution in [-0.4, -0.2) is 25.7 Å². The summed E-state index contributed by atoms with van der Waals surface area (Å²) in [5, 5.41) is 0. The molecule has 0 radical (unpaired) electrons. The minimum Gasteiger partial charge on any atom is -0.372 e. The van der Waals surface area contributed by atoms with Gasteiger partial charge in [-0.15, -0.1) is 0 Å². The standard InChI is InChI=1S/C14H19NO2/c1-10-8-12-6-4-5-7-13(12)15(9-10)14(16)11(2)17-3/h4-7,10-11H,8-9H2,1-3H3. The molecule has 92 valence electrons. The number of fused-ring (bicyclic) bond motifs is 1. The molecule has 0 saturated heterocycles. The van der Waals surface area contributed by atoms with Crippen LogP contribution in [0.2, 0.25) is 0 Å². The van der Waals surface area contributed by atoms with Crippen LogP contribution in [0, 0.1) is 5.92 Å². The second kappa shape index (κ2) is 4.88. The number of rotatable bonds is 2. The third-order valence-electron chi connectivity index (χ3n) is 3.31. The molecule has 0 N–H and O–H groups in total. The fourth-order valence-electron chi connectivity index (χ4n) is 2.33. The lowest BCUT2D eigenvalue weighted by molar-refractivity contribution is -0.127. The summed E-state index contributed by atoms with van der Waals surface area (Å²) < 4.78 is 5.12. The molecule has 3 nitrogen and oxygen atoms in total. The third-order valence-corrected chi connectivity index (χ3v) is 3.31. The van der Waals surface area contributed by atoms with Crippen molar-refractivity contribution in [3.63, 3.8) is 0 Å². The minimum absolute atomic E-state index is 0.0477. The fraction of sp³-hybridized carbons (Fsp3) is 0.500. The molecular formula is C14H19NO2. The molecule has 0 aliphatic carbocycles. The zero-order valence-corrected chi connectivity index (χ0v) is 10.6. The number of carbonyl (C=O) groups excluding carboxylic acids is 1. The number of hydrogen-bond acceptors (Lipinski definition) is 2. The first-order chi connectivity index (χ1) is 8.13. The van der Waals surface area contributed by atoms with Crippen LogP contribution < -0.4 is 4.90 Å². The van der Waals surface area contributed by atoms with E-state index in [1.807, 2.05) is 23.1 Å². The SMILES string of the molecule is COC(C)C(=O)N1CC(C)Cc2ccccc21. The third kappa shape index (κ3) is 2.34. The van der Waals surface area contributed by atoms with Crippen molar-refractivity contribution in [1.29, 1.82) is 0 Å². The van der Waals surface area contributed by atoms with Crippen LogP contribution >= 0.6 is 0 Å². The van der Waals surface area contributed by atoms with Crippen molar-refractivity contribution in [2.24, 2.45) is 5.92 Å². The van der Waals surface area contributed by atoms with Gasteiger partial charge in [-0.1, -0.05) is 25.1 Å². The lowest BCUT2D eigenvalue weighted by Crippen LogP contribution is -2.44. The summed E-state index contributed by atoms with van der Waals surface area (Å²) >= 11 is 0. The first-order valence-corrected chi connectivity index (χ1v) is 6.05. The number of hydrogen-bond donors (Lipinski definition) is 0. The molecule has 0 spiro atoms. The highest BCUT2D eigenvalue weighted by Gasteiger charge is 2.28. The molecule has 1 aromatic rings. The van der Waals surface area contributed by atoms with Crippen molar-refractivity contribution < 1.29 is 9.53 Å². The molecule has 0 aromatic heterocycles. The zero-order valence-electron chi connectivity index (χ0n) is 10.6. The van der Waals surface area contributed by atoms with Crippen LogP contribution in [0.25, 0.3) is 0 Å². The van der Waals surface area contributed by atoms with Crippen molar-refractivity contribution >= 4 is 11.6 Å². The van der Waals surface area contributed by atoms with Gasteiger partial charge in [0.1, 0.15) is 6.10 Å². The van der Waals surface area contributed by atoms with E-state index in [-0.39, 0.29) is 12.0 Å². The molecule has 0 saturated carbocycles. The number of nitrogens with zero attached hydrogens (tertiary/aromatic N) is 1. The van der Waals surface area contributed by atoms with Gasteiger partial charge >= 0.3 is 0 Å². The Morgan fingerprint density at radius 3 is 2.88 bits per heavy atom. The van der Waals surface area contributed by atoms with E-state index in [9.17, 15) is 4.79 Å². The van der Waals surface area contributed by atoms with E-state index in [1.165, 1.54) is 5.56 Å². The number of ether oxygens (including phenoxy) is 1. The normalized spacial score (nSPS) is 20.9. The van der Waals surface area contributed by atoms with E-state index in [0.29, 0.717) is 5.92 Å². The topological polar surface area (TPSA) is 29.5 Å². The molecule has 1 aliphatic heterocycles. The Labute approximate surface area is 102 Å². The van der Waals surface area contributed by atoms with Crippen LogP contribution in [-0.2, 0) is 16.0 Å². The van der Waals surface area contributed by atoms with Crippen LogP contribution in [0.4, 0.5) is 5.69 Å². The van der Waals surface area contributed by atoms with Crippen molar-refractivity contribution in [3.05, 3.63) is 29.8 Å². The Balaban J connectivity index is 2.32. The number of benzene rings is 1. The molecule has 2 unspecified atom stereocenters. The molecule has 1 aromatic carbocycles. The maximum absolute atomic E-state index is 12.2. The van der Waals surface area contributed by atoms with Gasteiger partial charge in [0, 0.05) is 19.3 Å². The number of methoxy groups -OCH3 is 1. The molecule has 0 fully saturated rings. The van der Waals surface area contributed by atoms with E-state index in [0.717, 1.165) is 18.7 Å². The first-order valence-electron chi connectivity index (χ1n) is 6.05. The fourth-order valence-corrected chi connectivity index (χ4v) is 2.33. The predicted octanol–water partition coefficient (Wildman–Crippen LogP) is 2.25. The second-order valence-electron chi connectivity index (χ2n) is 4.76. The molecule has 3 heteroatoms. The summed E-state index contributed by atoms with van der Waals surface area (Å²) in [6, 6.07) is 8.12. The van der Waals surface area contributed by atoms with E-state index in [4.69, 9.17) is 4.74 Å². The van der Waals surface area contributed by atoms with Gasteiger partial charge in [0.15, 0.2) is 0 Å². The largest absolute Gasteiger partial charge is 0.372 e. The quantitative estimate of drug-likeness (QED) is 0.784. The monoisotopic (exact) mass is 233 g/mol. The number of amides is 1. The number of para-hydroxylation sites is 1. The zero-order chi connectivity index (χ0) is 12.4. The Bertz CT molecular complexity index is 416. The minimum atomic E-state index is -0.381. The van der Waals surface area contributed by atoms with Gasteiger partial charge < -0.3 is 9.64 Å². The Morgan fingerprint density at radius 1 is 1.47 bits per heavy atom. The Morgan fingerprint density at radius 2 is 2.18 bits per heavy atom. The lowest BCUT2D eigenvalue weighted by Gasteiger charge is -2.34. The average Bonchev–Trinajstić information content (AvgIpc) is 2.35. The van der Waals surface area contributed by atoms with Crippen molar-refractivity contribution in [2.45, 2.75) is 26.4 Å². The number of anilines is 1. The van der Waals surface area contributed by atoms with Crippen LogP contribution in [0.15, 0.2) is 24.3 Å². The molecule has 1 amide bonds. The summed E-state index contributed by atoms with van der Waals surface area (Å²) in [6.07, 6.45) is 0.662. The van der Waals surface area contributed by atoms with Gasteiger partial charge in [-0.05, 0) is 30.9 Å². The van der Waals surface area contributed by atoms with Gasteiger partial charge in [0.05, 0.1) is 0 Å². The average molecular weight is 233 g/mol. The molecular weight excluding hydrogens is 214 g/mol. The van der Waals surface area contributed by atoms with Crippen molar-refractivity contribution in [1.82, 2.24) is 0 Å². The smallest absolute Gasteiger partial charge is 0.255 e. The van der Waals surface area contributed by atoms with Crippen molar-refractivity contribution in [3.8, 4) is 0 Å². The predicted molar refractivity (Wildman–Crippen MR) is 68.1 cm³/mol. The van der Waals surface area contributed by atoms with Crippen molar-refractivity contribution in [2.75, 3.05) is 18.6 Å². The Hall–Kier alpha value is -1.35. The highest BCUT2D eigenvalue weighted by Crippen LogP contribution is 2.29. The summed E-state index contributed by atoms with van der Waals surface area (Å²) in [5.74, 6) is 0.546. The summed E-state index contributed by atoms with van der Waals surface area (Å²) in [4.78, 5) is 14.1. The summed E-state index contributed by atoms with van der Waals surface area (Å²) in [7, 11) is 1.57.